The Bertz CT molecular complexity index is 1150. The van der Waals surface area contributed by atoms with Crippen LogP contribution in [0.2, 0.25) is 0 Å². The third-order valence-electron chi connectivity index (χ3n) is 5.73. The van der Waals surface area contributed by atoms with Crippen LogP contribution in [0.15, 0.2) is 41.4 Å². The third kappa shape index (κ3) is 3.68. The molecule has 8 nitrogen and oxygen atoms in total. The zero-order valence-corrected chi connectivity index (χ0v) is 17.6. The van der Waals surface area contributed by atoms with Gasteiger partial charge < -0.3 is 14.6 Å². The molecule has 2 aromatic heterocycles. The van der Waals surface area contributed by atoms with Crippen molar-refractivity contribution in [1.29, 1.82) is 0 Å². The summed E-state index contributed by atoms with van der Waals surface area (Å²) < 4.78 is 34.5. The summed E-state index contributed by atoms with van der Waals surface area (Å²) in [5, 5.41) is 3.26. The van der Waals surface area contributed by atoms with E-state index in [-0.39, 0.29) is 4.90 Å². The molecule has 4 heterocycles. The van der Waals surface area contributed by atoms with E-state index in [0.717, 1.165) is 35.5 Å². The van der Waals surface area contributed by atoms with Gasteiger partial charge in [0.25, 0.3) is 0 Å². The summed E-state index contributed by atoms with van der Waals surface area (Å²) in [6, 6.07) is 9.42. The fraction of sp³-hybridized carbons (Fsp3) is 0.429. The van der Waals surface area contributed by atoms with E-state index in [4.69, 9.17) is 9.72 Å². The number of nitrogens with one attached hydrogen (secondary N) is 1. The predicted molar refractivity (Wildman–Crippen MR) is 114 cm³/mol. The van der Waals surface area contributed by atoms with Crippen LogP contribution in [0.4, 0.5) is 11.5 Å². The Balaban J connectivity index is 1.35. The summed E-state index contributed by atoms with van der Waals surface area (Å²) in [5.41, 5.74) is 3.02. The smallest absolute Gasteiger partial charge is 0.244 e. The molecule has 30 heavy (non-hydrogen) atoms. The number of aryl methyl sites for hydroxylation is 2. The van der Waals surface area contributed by atoms with Gasteiger partial charge in [0.15, 0.2) is 0 Å². The van der Waals surface area contributed by atoms with Gasteiger partial charge in [-0.1, -0.05) is 6.42 Å². The van der Waals surface area contributed by atoms with Gasteiger partial charge in [-0.05, 0) is 43.2 Å². The SMILES string of the molecule is O=S(=O)(c1ccc(Nc2ccc3c(c2)nc2n3CCCCC2)nc1)N1CCOCC1. The second-order valence-electron chi connectivity index (χ2n) is 7.71. The number of aromatic nitrogens is 3. The Hall–Kier alpha value is -2.49. The van der Waals surface area contributed by atoms with Crippen LogP contribution in [-0.4, -0.2) is 53.6 Å². The summed E-state index contributed by atoms with van der Waals surface area (Å²) >= 11 is 0. The van der Waals surface area contributed by atoms with Crippen LogP contribution in [0, 0.1) is 0 Å². The number of benzene rings is 1. The molecule has 0 unspecified atom stereocenters. The molecule has 1 saturated heterocycles. The molecule has 0 amide bonds. The van der Waals surface area contributed by atoms with E-state index in [1.807, 2.05) is 12.1 Å². The molecule has 0 radical (unpaired) electrons. The minimum absolute atomic E-state index is 0.197. The van der Waals surface area contributed by atoms with Gasteiger partial charge in [-0.15, -0.1) is 0 Å². The highest BCUT2D eigenvalue weighted by atomic mass is 32.2. The van der Waals surface area contributed by atoms with E-state index in [1.165, 1.54) is 29.8 Å². The molecule has 2 aliphatic heterocycles. The minimum atomic E-state index is -3.54. The number of hydrogen-bond acceptors (Lipinski definition) is 6. The molecule has 0 spiro atoms. The Morgan fingerprint density at radius 2 is 1.87 bits per heavy atom. The number of sulfonamides is 1. The molecule has 0 aliphatic carbocycles. The predicted octanol–water partition coefficient (Wildman–Crippen LogP) is 2.92. The van der Waals surface area contributed by atoms with Gasteiger partial charge in [0, 0.05) is 37.9 Å². The first-order valence-corrected chi connectivity index (χ1v) is 11.9. The number of hydrogen-bond donors (Lipinski definition) is 1. The van der Waals surface area contributed by atoms with Crippen molar-refractivity contribution in [1.82, 2.24) is 18.8 Å². The van der Waals surface area contributed by atoms with Crippen LogP contribution in [-0.2, 0) is 27.7 Å². The normalized spacial score (nSPS) is 18.1. The molecule has 1 fully saturated rings. The van der Waals surface area contributed by atoms with Crippen LogP contribution in [0.5, 0.6) is 0 Å². The second kappa shape index (κ2) is 7.98. The molecular weight excluding hydrogens is 402 g/mol. The number of pyridine rings is 1. The topological polar surface area (TPSA) is 89.3 Å². The summed E-state index contributed by atoms with van der Waals surface area (Å²) in [7, 11) is -3.54. The zero-order valence-electron chi connectivity index (χ0n) is 16.7. The molecule has 0 saturated carbocycles. The first-order valence-electron chi connectivity index (χ1n) is 10.4. The number of morpholine rings is 1. The molecule has 5 rings (SSSR count). The van der Waals surface area contributed by atoms with Gasteiger partial charge >= 0.3 is 0 Å². The average molecular weight is 428 g/mol. The van der Waals surface area contributed by atoms with Gasteiger partial charge in [0.1, 0.15) is 16.5 Å². The van der Waals surface area contributed by atoms with Crippen molar-refractivity contribution in [3.8, 4) is 0 Å². The van der Waals surface area contributed by atoms with Crippen molar-refractivity contribution < 1.29 is 13.2 Å². The van der Waals surface area contributed by atoms with Crippen LogP contribution < -0.4 is 5.32 Å². The standard InChI is InChI=1S/C21H25N5O3S/c27-30(28,25-10-12-29-13-11-25)17-6-8-20(22-15-17)23-16-5-7-19-18(14-16)24-21-4-2-1-3-9-26(19)21/h5-8,14-15H,1-4,9-13H2,(H,22,23). The van der Waals surface area contributed by atoms with Gasteiger partial charge in [-0.2, -0.15) is 4.31 Å². The lowest BCUT2D eigenvalue weighted by molar-refractivity contribution is 0.0730. The van der Waals surface area contributed by atoms with E-state index in [2.05, 4.69) is 20.9 Å². The third-order valence-corrected chi connectivity index (χ3v) is 7.61. The van der Waals surface area contributed by atoms with Gasteiger partial charge in [0.05, 0.1) is 24.2 Å². The van der Waals surface area contributed by atoms with E-state index in [1.54, 1.807) is 12.1 Å². The molecule has 0 bridgehead atoms. The number of fused-ring (bicyclic) bond motifs is 3. The van der Waals surface area contributed by atoms with Crippen molar-refractivity contribution in [2.75, 3.05) is 31.6 Å². The number of nitrogens with zero attached hydrogens (tertiary/aromatic N) is 4. The largest absolute Gasteiger partial charge is 0.379 e. The van der Waals surface area contributed by atoms with E-state index >= 15 is 0 Å². The monoisotopic (exact) mass is 427 g/mol. The highest BCUT2D eigenvalue weighted by molar-refractivity contribution is 7.89. The molecule has 2 aliphatic rings. The number of anilines is 2. The highest BCUT2D eigenvalue weighted by Gasteiger charge is 2.26. The van der Waals surface area contributed by atoms with E-state index < -0.39 is 10.0 Å². The summed E-state index contributed by atoms with van der Waals surface area (Å²) in [6.45, 7) is 2.62. The van der Waals surface area contributed by atoms with Crippen LogP contribution in [0.3, 0.4) is 0 Å². The first kappa shape index (κ1) is 19.5. The lowest BCUT2D eigenvalue weighted by atomic mass is 10.2. The first-order chi connectivity index (χ1) is 14.6. The second-order valence-corrected chi connectivity index (χ2v) is 9.65. The van der Waals surface area contributed by atoms with Crippen molar-refractivity contribution >= 4 is 32.6 Å². The van der Waals surface area contributed by atoms with Crippen LogP contribution in [0.1, 0.15) is 25.1 Å². The summed E-state index contributed by atoms with van der Waals surface area (Å²) in [4.78, 5) is 9.34. The Morgan fingerprint density at radius 3 is 2.67 bits per heavy atom. The van der Waals surface area contributed by atoms with Gasteiger partial charge in [-0.25, -0.2) is 18.4 Å². The van der Waals surface area contributed by atoms with E-state index in [0.29, 0.717) is 32.1 Å². The van der Waals surface area contributed by atoms with Crippen molar-refractivity contribution in [2.45, 2.75) is 37.1 Å². The molecule has 1 N–H and O–H groups in total. The Morgan fingerprint density at radius 1 is 1.00 bits per heavy atom. The molecule has 3 aromatic rings. The quantitative estimate of drug-likeness (QED) is 0.689. The molecular formula is C21H25N5O3S. The molecule has 9 heteroatoms. The molecule has 0 atom stereocenters. The van der Waals surface area contributed by atoms with Crippen LogP contribution in [0.25, 0.3) is 11.0 Å². The lowest BCUT2D eigenvalue weighted by Gasteiger charge is -2.25. The van der Waals surface area contributed by atoms with Crippen molar-refractivity contribution in [2.24, 2.45) is 0 Å². The van der Waals surface area contributed by atoms with Crippen molar-refractivity contribution in [3.05, 3.63) is 42.4 Å². The van der Waals surface area contributed by atoms with Gasteiger partial charge in [0.2, 0.25) is 10.0 Å². The van der Waals surface area contributed by atoms with Crippen LogP contribution >= 0.6 is 0 Å². The Kier molecular flexibility index (Phi) is 5.18. The maximum atomic E-state index is 12.7. The average Bonchev–Trinajstić information content (AvgIpc) is 2.94. The maximum Gasteiger partial charge on any atom is 0.244 e. The number of imidazole rings is 1. The molecule has 1 aromatic carbocycles. The fourth-order valence-corrected chi connectivity index (χ4v) is 5.47. The van der Waals surface area contributed by atoms with Crippen molar-refractivity contribution in [3.63, 3.8) is 0 Å². The maximum absolute atomic E-state index is 12.7. The fourth-order valence-electron chi connectivity index (χ4n) is 4.12. The van der Waals surface area contributed by atoms with E-state index in [9.17, 15) is 8.42 Å². The lowest BCUT2D eigenvalue weighted by Crippen LogP contribution is -2.40. The minimum Gasteiger partial charge on any atom is -0.379 e. The summed E-state index contributed by atoms with van der Waals surface area (Å²) in [6.07, 6.45) is 6.08. The summed E-state index contributed by atoms with van der Waals surface area (Å²) in [5.74, 6) is 1.76. The molecule has 158 valence electrons. The Labute approximate surface area is 175 Å². The highest BCUT2D eigenvalue weighted by Crippen LogP contribution is 2.26. The number of ether oxygens (including phenoxy) is 1. The zero-order chi connectivity index (χ0) is 20.6. The number of rotatable bonds is 4. The van der Waals surface area contributed by atoms with Gasteiger partial charge in [-0.3, -0.25) is 0 Å².